The number of rotatable bonds is 2. The zero-order valence-corrected chi connectivity index (χ0v) is 11.8. The predicted octanol–water partition coefficient (Wildman–Crippen LogP) is 4.28. The highest BCUT2D eigenvalue weighted by atomic mass is 79.9. The Kier molecular flexibility index (Phi) is 4.34. The molecule has 7 heteroatoms. The molecule has 0 bridgehead atoms. The fourth-order valence-corrected chi connectivity index (χ4v) is 1.72. The fourth-order valence-electron chi connectivity index (χ4n) is 1.34. The lowest BCUT2D eigenvalue weighted by Gasteiger charge is -2.08. The topological polar surface area (TPSA) is 54.0 Å². The van der Waals surface area contributed by atoms with Gasteiger partial charge < -0.3 is 10.6 Å². The highest BCUT2D eigenvalue weighted by molar-refractivity contribution is 9.10. The summed E-state index contributed by atoms with van der Waals surface area (Å²) in [6.45, 7) is 0. The van der Waals surface area contributed by atoms with Crippen molar-refractivity contribution in [3.05, 3.63) is 52.0 Å². The molecule has 0 saturated carbocycles. The minimum absolute atomic E-state index is 0.0937. The summed E-state index contributed by atoms with van der Waals surface area (Å²) in [6.07, 6.45) is 1.43. The van der Waals surface area contributed by atoms with Gasteiger partial charge in [-0.1, -0.05) is 23.7 Å². The Morgan fingerprint density at radius 2 is 2.05 bits per heavy atom. The average molecular weight is 345 g/mol. The number of carbonyl (C=O) groups excluding carboxylic acids is 1. The smallest absolute Gasteiger partial charge is 0.306 e. The summed E-state index contributed by atoms with van der Waals surface area (Å²) in [7, 11) is 0. The summed E-state index contributed by atoms with van der Waals surface area (Å²) in [4.78, 5) is 15.6. The fraction of sp³-hybridized carbons (Fsp3) is 0. The molecule has 4 nitrogen and oxygen atoms in total. The van der Waals surface area contributed by atoms with Crippen LogP contribution < -0.4 is 10.6 Å². The van der Waals surface area contributed by atoms with Gasteiger partial charge in [0.05, 0.1) is 22.6 Å². The number of aromatic nitrogens is 1. The summed E-state index contributed by atoms with van der Waals surface area (Å²) >= 11 is 8.98. The van der Waals surface area contributed by atoms with Crippen molar-refractivity contribution in [3.8, 4) is 0 Å². The molecule has 0 radical (unpaired) electrons. The molecule has 0 saturated heterocycles. The maximum Gasteiger partial charge on any atom is 0.323 e. The van der Waals surface area contributed by atoms with Gasteiger partial charge in [-0.15, -0.1) is 0 Å². The monoisotopic (exact) mass is 343 g/mol. The molecule has 2 rings (SSSR count). The molecule has 19 heavy (non-hydrogen) atoms. The van der Waals surface area contributed by atoms with E-state index >= 15 is 0 Å². The van der Waals surface area contributed by atoms with Crippen LogP contribution in [0, 0.1) is 5.82 Å². The van der Waals surface area contributed by atoms with E-state index in [1.165, 1.54) is 30.5 Å². The van der Waals surface area contributed by atoms with Gasteiger partial charge in [-0.3, -0.25) is 0 Å². The first-order chi connectivity index (χ1) is 9.06. The number of hydrogen-bond acceptors (Lipinski definition) is 2. The number of pyridine rings is 1. The van der Waals surface area contributed by atoms with Crippen LogP contribution in [0.1, 0.15) is 0 Å². The van der Waals surface area contributed by atoms with E-state index < -0.39 is 11.8 Å². The van der Waals surface area contributed by atoms with Gasteiger partial charge in [0, 0.05) is 0 Å². The molecule has 1 aromatic carbocycles. The minimum Gasteiger partial charge on any atom is -0.306 e. The molecule has 0 aliphatic carbocycles. The number of amides is 2. The number of nitrogens with one attached hydrogen (secondary N) is 2. The van der Waals surface area contributed by atoms with Crippen LogP contribution >= 0.6 is 27.5 Å². The lowest BCUT2D eigenvalue weighted by atomic mass is 10.3. The summed E-state index contributed by atoms with van der Waals surface area (Å²) in [5, 5.41) is 5.25. The van der Waals surface area contributed by atoms with Crippen molar-refractivity contribution in [1.29, 1.82) is 0 Å². The van der Waals surface area contributed by atoms with Gasteiger partial charge in [0.1, 0.15) is 10.4 Å². The summed E-state index contributed by atoms with van der Waals surface area (Å²) in [5.41, 5.74) is 0.498. The Morgan fingerprint density at radius 3 is 2.74 bits per heavy atom. The van der Waals surface area contributed by atoms with E-state index in [-0.39, 0.29) is 5.69 Å². The van der Waals surface area contributed by atoms with Gasteiger partial charge in [0.25, 0.3) is 0 Å². The molecule has 2 N–H and O–H groups in total. The van der Waals surface area contributed by atoms with Gasteiger partial charge in [-0.25, -0.2) is 14.2 Å². The summed E-state index contributed by atoms with van der Waals surface area (Å²) in [6, 6.07) is 6.83. The molecular weight excluding hydrogens is 337 g/mol. The van der Waals surface area contributed by atoms with Crippen LogP contribution in [0.5, 0.6) is 0 Å². The Hall–Kier alpha value is -1.66. The third-order valence-corrected chi connectivity index (χ3v) is 3.32. The van der Waals surface area contributed by atoms with Crippen LogP contribution in [0.25, 0.3) is 0 Å². The number of benzene rings is 1. The van der Waals surface area contributed by atoms with E-state index in [2.05, 4.69) is 31.5 Å². The zero-order valence-electron chi connectivity index (χ0n) is 9.45. The van der Waals surface area contributed by atoms with E-state index in [9.17, 15) is 9.18 Å². The van der Waals surface area contributed by atoms with Crippen LogP contribution in [-0.2, 0) is 0 Å². The molecule has 1 heterocycles. The zero-order chi connectivity index (χ0) is 13.8. The largest absolute Gasteiger partial charge is 0.323 e. The quantitative estimate of drug-likeness (QED) is 0.799. The van der Waals surface area contributed by atoms with Gasteiger partial charge in [0.15, 0.2) is 0 Å². The predicted molar refractivity (Wildman–Crippen MR) is 76.0 cm³/mol. The van der Waals surface area contributed by atoms with Crippen molar-refractivity contribution in [2.45, 2.75) is 0 Å². The molecule has 0 fully saturated rings. The highest BCUT2D eigenvalue weighted by Gasteiger charge is 2.07. The Labute approximate surface area is 122 Å². The molecule has 2 aromatic rings. The average Bonchev–Trinajstić information content (AvgIpc) is 2.37. The van der Waals surface area contributed by atoms with Gasteiger partial charge in [-0.2, -0.15) is 0 Å². The molecule has 0 atom stereocenters. The second kappa shape index (κ2) is 5.99. The summed E-state index contributed by atoms with van der Waals surface area (Å²) in [5.74, 6) is -0.510. The Bertz CT molecular complexity index is 624. The highest BCUT2D eigenvalue weighted by Crippen LogP contribution is 2.23. The van der Waals surface area contributed by atoms with E-state index in [0.717, 1.165) is 0 Å². The van der Waals surface area contributed by atoms with E-state index in [4.69, 9.17) is 11.6 Å². The van der Waals surface area contributed by atoms with Crippen molar-refractivity contribution >= 4 is 44.9 Å². The first-order valence-corrected chi connectivity index (χ1v) is 6.37. The first kappa shape index (κ1) is 13.8. The van der Waals surface area contributed by atoms with Crippen molar-refractivity contribution in [1.82, 2.24) is 4.98 Å². The molecule has 0 aliphatic heterocycles. The standard InChI is InChI=1S/C12H8BrClFN3O/c13-11-8(14)5-7(6-16-11)17-12(19)18-10-4-2-1-3-9(10)15/h1-6H,(H2,17,18,19). The van der Waals surface area contributed by atoms with Crippen molar-refractivity contribution in [2.75, 3.05) is 10.6 Å². The molecule has 0 aliphatic rings. The van der Waals surface area contributed by atoms with E-state index in [1.807, 2.05) is 0 Å². The molecule has 2 amide bonds. The van der Waals surface area contributed by atoms with Crippen molar-refractivity contribution in [2.24, 2.45) is 0 Å². The number of hydrogen-bond donors (Lipinski definition) is 2. The van der Waals surface area contributed by atoms with Crippen molar-refractivity contribution in [3.63, 3.8) is 0 Å². The lowest BCUT2D eigenvalue weighted by Crippen LogP contribution is -2.20. The van der Waals surface area contributed by atoms with Crippen molar-refractivity contribution < 1.29 is 9.18 Å². The number of para-hydroxylation sites is 1. The number of nitrogens with zero attached hydrogens (tertiary/aromatic N) is 1. The first-order valence-electron chi connectivity index (χ1n) is 5.20. The molecule has 0 spiro atoms. The second-order valence-corrected chi connectivity index (χ2v) is 4.71. The second-order valence-electron chi connectivity index (χ2n) is 3.56. The van der Waals surface area contributed by atoms with E-state index in [1.54, 1.807) is 6.07 Å². The molecule has 98 valence electrons. The molecule has 0 unspecified atom stereocenters. The van der Waals surface area contributed by atoms with Crippen LogP contribution in [0.3, 0.4) is 0 Å². The van der Waals surface area contributed by atoms with Gasteiger partial charge in [-0.05, 0) is 34.1 Å². The maximum atomic E-state index is 13.3. The normalized spacial score (nSPS) is 10.1. The third-order valence-electron chi connectivity index (χ3n) is 2.18. The number of carbonyl (C=O) groups is 1. The Balaban J connectivity index is 2.05. The van der Waals surface area contributed by atoms with E-state index in [0.29, 0.717) is 15.3 Å². The third kappa shape index (κ3) is 3.65. The Morgan fingerprint density at radius 1 is 1.32 bits per heavy atom. The number of halogens is 3. The minimum atomic E-state index is -0.578. The molecular formula is C12H8BrClFN3O. The SMILES string of the molecule is O=C(Nc1cnc(Br)c(Cl)c1)Nc1ccccc1F. The van der Waals surface area contributed by atoms with Crippen LogP contribution in [0.2, 0.25) is 5.02 Å². The summed E-state index contributed by atoms with van der Waals surface area (Å²) < 4.78 is 13.8. The molecule has 1 aromatic heterocycles. The number of anilines is 2. The van der Waals surface area contributed by atoms with Crippen LogP contribution in [-0.4, -0.2) is 11.0 Å². The van der Waals surface area contributed by atoms with Crippen LogP contribution in [0.4, 0.5) is 20.6 Å². The maximum absolute atomic E-state index is 13.3. The van der Waals surface area contributed by atoms with Gasteiger partial charge >= 0.3 is 6.03 Å². The lowest BCUT2D eigenvalue weighted by molar-refractivity contribution is 0.262. The number of urea groups is 1. The van der Waals surface area contributed by atoms with Gasteiger partial charge in [0.2, 0.25) is 0 Å². The van der Waals surface area contributed by atoms with Crippen LogP contribution in [0.15, 0.2) is 41.1 Å².